The molecule has 0 aliphatic carbocycles. The first-order chi connectivity index (χ1) is 13.4. The van der Waals surface area contributed by atoms with E-state index in [4.69, 9.17) is 0 Å². The number of anilines is 2. The molecule has 2 N–H and O–H groups in total. The van der Waals surface area contributed by atoms with E-state index >= 15 is 0 Å². The lowest BCUT2D eigenvalue weighted by molar-refractivity contribution is -0.115. The number of benzene rings is 2. The third-order valence-corrected chi connectivity index (χ3v) is 6.12. The number of hydrogen-bond acceptors (Lipinski definition) is 6. The highest BCUT2D eigenvalue weighted by Crippen LogP contribution is 2.30. The Labute approximate surface area is 171 Å². The molecule has 1 unspecified atom stereocenters. The van der Waals surface area contributed by atoms with Gasteiger partial charge in [0.25, 0.3) is 0 Å². The summed E-state index contributed by atoms with van der Waals surface area (Å²) in [7, 11) is 0. The molecule has 0 fully saturated rings. The molecule has 146 valence electrons. The minimum absolute atomic E-state index is 0.0759. The monoisotopic (exact) mass is 416 g/mol. The molecule has 1 atom stereocenters. The van der Waals surface area contributed by atoms with E-state index in [-0.39, 0.29) is 17.0 Å². The highest BCUT2D eigenvalue weighted by molar-refractivity contribution is 8.02. The predicted molar refractivity (Wildman–Crippen MR) is 114 cm³/mol. The molecule has 0 spiro atoms. The highest BCUT2D eigenvalue weighted by atomic mass is 32.2. The number of aromatic nitrogens is 2. The Morgan fingerprint density at radius 1 is 1.18 bits per heavy atom. The van der Waals surface area contributed by atoms with E-state index in [1.54, 1.807) is 12.1 Å². The number of nitrogens with zero attached hydrogens (tertiary/aromatic N) is 2. The molecule has 0 bridgehead atoms. The number of nitrogens with one attached hydrogen (secondary N) is 2. The molecule has 0 radical (unpaired) electrons. The van der Waals surface area contributed by atoms with Crippen LogP contribution in [0.4, 0.5) is 15.2 Å². The van der Waals surface area contributed by atoms with Crippen LogP contribution in [0.5, 0.6) is 0 Å². The Morgan fingerprint density at radius 2 is 1.93 bits per heavy atom. The van der Waals surface area contributed by atoms with Crippen molar-refractivity contribution < 1.29 is 9.18 Å². The number of halogens is 1. The molecule has 28 heavy (non-hydrogen) atoms. The maximum absolute atomic E-state index is 12.9. The normalized spacial score (nSPS) is 11.9. The number of carbonyl (C=O) groups is 1. The fourth-order valence-corrected chi connectivity index (χ4v) is 4.39. The molecule has 8 heteroatoms. The second-order valence-corrected chi connectivity index (χ2v) is 8.99. The van der Waals surface area contributed by atoms with E-state index in [9.17, 15) is 9.18 Å². The van der Waals surface area contributed by atoms with Crippen molar-refractivity contribution in [3.63, 3.8) is 0 Å². The van der Waals surface area contributed by atoms with Gasteiger partial charge in [-0.15, -0.1) is 10.2 Å². The summed E-state index contributed by atoms with van der Waals surface area (Å²) in [5, 5.41) is 14.7. The van der Waals surface area contributed by atoms with Gasteiger partial charge in [0.2, 0.25) is 11.0 Å². The Morgan fingerprint density at radius 3 is 2.64 bits per heavy atom. The number of hydrogen-bond donors (Lipinski definition) is 2. The van der Waals surface area contributed by atoms with E-state index in [2.05, 4.69) is 20.8 Å². The topological polar surface area (TPSA) is 66.9 Å². The van der Waals surface area contributed by atoms with Crippen LogP contribution in [0.3, 0.4) is 0 Å². The van der Waals surface area contributed by atoms with Crippen LogP contribution in [0.25, 0.3) is 0 Å². The van der Waals surface area contributed by atoms with Crippen molar-refractivity contribution >= 4 is 39.8 Å². The van der Waals surface area contributed by atoms with Gasteiger partial charge in [0.1, 0.15) is 5.82 Å². The summed E-state index contributed by atoms with van der Waals surface area (Å²) >= 11 is 2.76. The standard InChI is InChI=1S/C20H21FN4OS2/c1-12-4-9-17(13(2)10-12)23-18(26)14(3)27-20-25-24-19(28-20)22-11-15-5-7-16(21)8-6-15/h4-10,14H,11H2,1-3H3,(H,22,24)(H,23,26). The van der Waals surface area contributed by atoms with Crippen LogP contribution >= 0.6 is 23.1 Å². The quantitative estimate of drug-likeness (QED) is 0.529. The lowest BCUT2D eigenvalue weighted by atomic mass is 10.1. The molecular formula is C20H21FN4OS2. The van der Waals surface area contributed by atoms with E-state index in [1.807, 2.05) is 39.0 Å². The van der Waals surface area contributed by atoms with Gasteiger partial charge in [-0.1, -0.05) is 52.9 Å². The third-order valence-electron chi connectivity index (χ3n) is 4.05. The van der Waals surface area contributed by atoms with E-state index in [1.165, 1.54) is 35.2 Å². The van der Waals surface area contributed by atoms with Gasteiger partial charge < -0.3 is 10.6 Å². The maximum Gasteiger partial charge on any atom is 0.237 e. The van der Waals surface area contributed by atoms with Crippen molar-refractivity contribution in [1.82, 2.24) is 10.2 Å². The number of amides is 1. The first kappa shape index (κ1) is 20.3. The Hall–Kier alpha value is -2.45. The summed E-state index contributed by atoms with van der Waals surface area (Å²) in [6, 6.07) is 12.2. The fourth-order valence-electron chi connectivity index (χ4n) is 2.50. The van der Waals surface area contributed by atoms with Crippen LogP contribution in [0.15, 0.2) is 46.8 Å². The third kappa shape index (κ3) is 5.53. The van der Waals surface area contributed by atoms with Gasteiger partial charge in [-0.3, -0.25) is 4.79 Å². The fraction of sp³-hybridized carbons (Fsp3) is 0.250. The molecule has 0 saturated heterocycles. The first-order valence-electron chi connectivity index (χ1n) is 8.77. The summed E-state index contributed by atoms with van der Waals surface area (Å²) in [4.78, 5) is 12.5. The zero-order valence-electron chi connectivity index (χ0n) is 15.8. The van der Waals surface area contributed by atoms with Gasteiger partial charge in [0, 0.05) is 12.2 Å². The van der Waals surface area contributed by atoms with Crippen LogP contribution in [-0.4, -0.2) is 21.4 Å². The molecule has 0 saturated carbocycles. The second kappa shape index (κ2) is 9.16. The highest BCUT2D eigenvalue weighted by Gasteiger charge is 2.18. The van der Waals surface area contributed by atoms with Crippen molar-refractivity contribution in [2.45, 2.75) is 36.9 Å². The molecule has 3 rings (SSSR count). The van der Waals surface area contributed by atoms with Crippen LogP contribution in [0.2, 0.25) is 0 Å². The number of carbonyl (C=O) groups excluding carboxylic acids is 1. The Balaban J connectivity index is 1.53. The summed E-state index contributed by atoms with van der Waals surface area (Å²) in [6.45, 7) is 6.37. The molecule has 3 aromatic rings. The molecule has 0 aliphatic heterocycles. The molecule has 1 amide bonds. The van der Waals surface area contributed by atoms with Gasteiger partial charge >= 0.3 is 0 Å². The largest absolute Gasteiger partial charge is 0.356 e. The van der Waals surface area contributed by atoms with Crippen molar-refractivity contribution in [3.05, 3.63) is 65.0 Å². The minimum Gasteiger partial charge on any atom is -0.356 e. The number of aryl methyl sites for hydroxylation is 2. The van der Waals surface area contributed by atoms with Gasteiger partial charge in [-0.2, -0.15) is 0 Å². The summed E-state index contributed by atoms with van der Waals surface area (Å²) in [5.74, 6) is -0.334. The predicted octanol–water partition coefficient (Wildman–Crippen LogP) is 5.03. The lowest BCUT2D eigenvalue weighted by Crippen LogP contribution is -2.22. The van der Waals surface area contributed by atoms with Gasteiger partial charge in [-0.25, -0.2) is 4.39 Å². The van der Waals surface area contributed by atoms with Crippen molar-refractivity contribution in [1.29, 1.82) is 0 Å². The van der Waals surface area contributed by atoms with Crippen LogP contribution in [0.1, 0.15) is 23.6 Å². The van der Waals surface area contributed by atoms with E-state index in [0.29, 0.717) is 16.0 Å². The number of rotatable bonds is 7. The van der Waals surface area contributed by atoms with Crippen LogP contribution in [-0.2, 0) is 11.3 Å². The van der Waals surface area contributed by atoms with Gasteiger partial charge in [0.15, 0.2) is 4.34 Å². The summed E-state index contributed by atoms with van der Waals surface area (Å²) in [6.07, 6.45) is 0. The van der Waals surface area contributed by atoms with Gasteiger partial charge in [-0.05, 0) is 50.1 Å². The molecule has 0 aliphatic rings. The minimum atomic E-state index is -0.307. The lowest BCUT2D eigenvalue weighted by Gasteiger charge is -2.12. The van der Waals surface area contributed by atoms with E-state index in [0.717, 1.165) is 22.4 Å². The van der Waals surface area contributed by atoms with Crippen molar-refractivity contribution in [3.8, 4) is 0 Å². The Bertz CT molecular complexity index is 959. The zero-order valence-corrected chi connectivity index (χ0v) is 17.5. The van der Waals surface area contributed by atoms with E-state index < -0.39 is 0 Å². The smallest absolute Gasteiger partial charge is 0.237 e. The maximum atomic E-state index is 12.9. The first-order valence-corrected chi connectivity index (χ1v) is 10.5. The molecule has 1 heterocycles. The number of thioether (sulfide) groups is 1. The molecule has 5 nitrogen and oxygen atoms in total. The molecular weight excluding hydrogens is 395 g/mol. The van der Waals surface area contributed by atoms with Crippen molar-refractivity contribution in [2.24, 2.45) is 0 Å². The van der Waals surface area contributed by atoms with Crippen LogP contribution < -0.4 is 10.6 Å². The average Bonchev–Trinajstić information content (AvgIpc) is 3.11. The Kier molecular flexibility index (Phi) is 6.64. The molecule has 2 aromatic carbocycles. The van der Waals surface area contributed by atoms with Crippen LogP contribution in [0, 0.1) is 19.7 Å². The average molecular weight is 417 g/mol. The van der Waals surface area contributed by atoms with Crippen molar-refractivity contribution in [2.75, 3.05) is 10.6 Å². The summed E-state index contributed by atoms with van der Waals surface area (Å²) < 4.78 is 13.7. The second-order valence-electron chi connectivity index (χ2n) is 6.42. The zero-order chi connectivity index (χ0) is 20.1. The summed E-state index contributed by atoms with van der Waals surface area (Å²) in [5.41, 5.74) is 3.97. The molecule has 1 aromatic heterocycles. The SMILES string of the molecule is Cc1ccc(NC(=O)C(C)Sc2nnc(NCc3ccc(F)cc3)s2)c(C)c1. The van der Waals surface area contributed by atoms with Gasteiger partial charge in [0.05, 0.1) is 5.25 Å².